The predicted octanol–water partition coefficient (Wildman–Crippen LogP) is 4.24. The fourth-order valence-electron chi connectivity index (χ4n) is 3.43. The van der Waals surface area contributed by atoms with E-state index in [4.69, 9.17) is 0 Å². The lowest BCUT2D eigenvalue weighted by atomic mass is 10.0. The van der Waals surface area contributed by atoms with Crippen molar-refractivity contribution in [3.05, 3.63) is 30.6 Å². The standard InChI is InChI=1S/C23H42N.FH/c1-2-3-4-5-6-7-8-9-10-11-12-13-14-15-16-18-21-24-22-19-17-20-23-24;/h17,19-20,22-23H,2-16,18,21H2,1H3;1H/q+1;/p-1. The average molecular weight is 352 g/mol. The molecule has 25 heavy (non-hydrogen) atoms. The molecule has 2 heteroatoms. The quantitative estimate of drug-likeness (QED) is 0.292. The summed E-state index contributed by atoms with van der Waals surface area (Å²) in [6.07, 6.45) is 27.4. The molecule has 1 rings (SSSR count). The Labute approximate surface area is 156 Å². The molecule has 1 nitrogen and oxygen atoms in total. The van der Waals surface area contributed by atoms with Gasteiger partial charge in [-0.25, -0.2) is 4.57 Å². The number of pyridine rings is 1. The summed E-state index contributed by atoms with van der Waals surface area (Å²) in [5.74, 6) is 0. The Hall–Kier alpha value is -0.920. The highest BCUT2D eigenvalue weighted by Crippen LogP contribution is 2.13. The largest absolute Gasteiger partial charge is 1.00 e. The highest BCUT2D eigenvalue weighted by Gasteiger charge is 1.98. The van der Waals surface area contributed by atoms with Crippen LogP contribution in [0.5, 0.6) is 0 Å². The minimum Gasteiger partial charge on any atom is -1.00 e. The summed E-state index contributed by atoms with van der Waals surface area (Å²) < 4.78 is 2.30. The number of halogens is 1. The van der Waals surface area contributed by atoms with Gasteiger partial charge in [-0.2, -0.15) is 0 Å². The topological polar surface area (TPSA) is 3.88 Å². The van der Waals surface area contributed by atoms with E-state index in [9.17, 15) is 0 Å². The lowest BCUT2D eigenvalue weighted by molar-refractivity contribution is -0.697. The van der Waals surface area contributed by atoms with Crippen molar-refractivity contribution < 1.29 is 9.27 Å². The molecular formula is C23H42FN. The first-order valence-corrected chi connectivity index (χ1v) is 10.9. The van der Waals surface area contributed by atoms with E-state index in [0.29, 0.717) is 0 Å². The van der Waals surface area contributed by atoms with Crippen LogP contribution in [0.25, 0.3) is 0 Å². The Morgan fingerprint density at radius 1 is 0.480 bits per heavy atom. The van der Waals surface area contributed by atoms with Gasteiger partial charge in [0.05, 0.1) is 0 Å². The fraction of sp³-hybridized carbons (Fsp3) is 0.783. The molecule has 1 heterocycles. The van der Waals surface area contributed by atoms with E-state index < -0.39 is 0 Å². The molecule has 0 fully saturated rings. The molecule has 0 atom stereocenters. The van der Waals surface area contributed by atoms with Crippen LogP contribution in [0.4, 0.5) is 0 Å². The van der Waals surface area contributed by atoms with E-state index in [2.05, 4.69) is 42.1 Å². The molecule has 1 aromatic heterocycles. The summed E-state index contributed by atoms with van der Waals surface area (Å²) in [6, 6.07) is 6.32. The Kier molecular flexibility index (Phi) is 18.7. The monoisotopic (exact) mass is 351 g/mol. The van der Waals surface area contributed by atoms with Gasteiger partial charge in [-0.1, -0.05) is 103 Å². The number of rotatable bonds is 17. The molecule has 0 aromatic carbocycles. The van der Waals surface area contributed by atoms with Gasteiger partial charge in [-0.15, -0.1) is 0 Å². The number of hydrogen-bond acceptors (Lipinski definition) is 0. The molecule has 0 unspecified atom stereocenters. The van der Waals surface area contributed by atoms with Crippen molar-refractivity contribution in [2.24, 2.45) is 0 Å². The second kappa shape index (κ2) is 19.4. The number of aryl methyl sites for hydroxylation is 1. The fourth-order valence-corrected chi connectivity index (χ4v) is 3.43. The van der Waals surface area contributed by atoms with Crippen LogP contribution in [-0.4, -0.2) is 0 Å². The van der Waals surface area contributed by atoms with Crippen LogP contribution in [0.2, 0.25) is 0 Å². The minimum absolute atomic E-state index is 0. The van der Waals surface area contributed by atoms with Gasteiger partial charge in [0.25, 0.3) is 0 Å². The van der Waals surface area contributed by atoms with Crippen LogP contribution in [0.1, 0.15) is 110 Å². The molecule has 0 spiro atoms. The van der Waals surface area contributed by atoms with Crippen molar-refractivity contribution in [1.82, 2.24) is 0 Å². The van der Waals surface area contributed by atoms with Gasteiger partial charge in [-0.05, 0) is 6.42 Å². The molecule has 0 aliphatic rings. The van der Waals surface area contributed by atoms with Gasteiger partial charge < -0.3 is 4.70 Å². The van der Waals surface area contributed by atoms with Crippen molar-refractivity contribution in [2.45, 2.75) is 116 Å². The minimum atomic E-state index is 0. The van der Waals surface area contributed by atoms with Crippen LogP contribution in [-0.2, 0) is 6.54 Å². The zero-order valence-electron chi connectivity index (χ0n) is 16.7. The number of aromatic nitrogens is 1. The van der Waals surface area contributed by atoms with Gasteiger partial charge >= 0.3 is 0 Å². The maximum Gasteiger partial charge on any atom is 0.168 e. The number of nitrogens with zero attached hydrogens (tertiary/aromatic N) is 1. The van der Waals surface area contributed by atoms with E-state index in [1.54, 1.807) is 0 Å². The average Bonchev–Trinajstić information content (AvgIpc) is 2.62. The molecule has 146 valence electrons. The van der Waals surface area contributed by atoms with Gasteiger partial charge in [0.1, 0.15) is 6.54 Å². The summed E-state index contributed by atoms with van der Waals surface area (Å²) in [7, 11) is 0. The molecule has 0 saturated carbocycles. The lowest BCUT2D eigenvalue weighted by Crippen LogP contribution is -3.00. The van der Waals surface area contributed by atoms with Crippen LogP contribution < -0.4 is 9.27 Å². The van der Waals surface area contributed by atoms with E-state index in [-0.39, 0.29) is 4.70 Å². The van der Waals surface area contributed by atoms with E-state index in [0.717, 1.165) is 0 Å². The zero-order valence-corrected chi connectivity index (χ0v) is 16.7. The summed E-state index contributed by atoms with van der Waals surface area (Å²) >= 11 is 0. The summed E-state index contributed by atoms with van der Waals surface area (Å²) in [6.45, 7) is 3.48. The highest BCUT2D eigenvalue weighted by atomic mass is 19.0. The third-order valence-corrected chi connectivity index (χ3v) is 5.05. The first-order valence-electron chi connectivity index (χ1n) is 10.9. The molecule has 0 aliphatic heterocycles. The van der Waals surface area contributed by atoms with Gasteiger partial charge in [0, 0.05) is 18.6 Å². The Balaban J connectivity index is 0.00000576. The van der Waals surface area contributed by atoms with Gasteiger partial charge in [0.2, 0.25) is 0 Å². The van der Waals surface area contributed by atoms with Crippen molar-refractivity contribution in [3.63, 3.8) is 0 Å². The summed E-state index contributed by atoms with van der Waals surface area (Å²) in [4.78, 5) is 0. The van der Waals surface area contributed by atoms with Crippen LogP contribution in [0, 0.1) is 0 Å². The third-order valence-electron chi connectivity index (χ3n) is 5.05. The molecule has 0 saturated heterocycles. The molecule has 0 bridgehead atoms. The molecule has 0 amide bonds. The first-order chi connectivity index (χ1) is 11.9. The molecule has 0 radical (unpaired) electrons. The molecule has 1 aromatic rings. The first kappa shape index (κ1) is 24.1. The van der Waals surface area contributed by atoms with Crippen molar-refractivity contribution in [1.29, 1.82) is 0 Å². The summed E-state index contributed by atoms with van der Waals surface area (Å²) in [5.41, 5.74) is 0. The second-order valence-electron chi connectivity index (χ2n) is 7.42. The van der Waals surface area contributed by atoms with Crippen molar-refractivity contribution >= 4 is 0 Å². The van der Waals surface area contributed by atoms with E-state index in [1.807, 2.05) is 0 Å². The van der Waals surface area contributed by atoms with Crippen molar-refractivity contribution in [2.75, 3.05) is 0 Å². The zero-order chi connectivity index (χ0) is 17.1. The second-order valence-corrected chi connectivity index (χ2v) is 7.42. The van der Waals surface area contributed by atoms with Crippen LogP contribution >= 0.6 is 0 Å². The normalized spacial score (nSPS) is 10.6. The number of hydrogen-bond donors (Lipinski definition) is 0. The molecule has 0 aliphatic carbocycles. The third kappa shape index (κ3) is 16.3. The van der Waals surface area contributed by atoms with Gasteiger partial charge in [0.15, 0.2) is 12.4 Å². The maximum atomic E-state index is 2.30. The number of unbranched alkanes of at least 4 members (excludes halogenated alkanes) is 15. The highest BCUT2D eigenvalue weighted by molar-refractivity contribution is 4.83. The molecule has 0 N–H and O–H groups in total. The van der Waals surface area contributed by atoms with E-state index >= 15 is 0 Å². The maximum absolute atomic E-state index is 2.30. The van der Waals surface area contributed by atoms with Gasteiger partial charge in [-0.3, -0.25) is 0 Å². The Morgan fingerprint density at radius 2 is 0.840 bits per heavy atom. The predicted molar refractivity (Wildman–Crippen MR) is 106 cm³/mol. The van der Waals surface area contributed by atoms with Crippen LogP contribution in [0.15, 0.2) is 30.6 Å². The smallest absolute Gasteiger partial charge is 0.168 e. The van der Waals surface area contributed by atoms with E-state index in [1.165, 1.54) is 109 Å². The Morgan fingerprint density at radius 3 is 1.24 bits per heavy atom. The summed E-state index contributed by atoms with van der Waals surface area (Å²) in [5, 5.41) is 0. The van der Waals surface area contributed by atoms with Crippen LogP contribution in [0.3, 0.4) is 0 Å². The van der Waals surface area contributed by atoms with Crippen molar-refractivity contribution in [3.8, 4) is 0 Å². The lowest BCUT2D eigenvalue weighted by Gasteiger charge is -2.03. The Bertz CT molecular complexity index is 352. The molecular weight excluding hydrogens is 309 g/mol. The SMILES string of the molecule is CCCCCCCCCCCCCCCCCC[n+]1ccccc1.[F-].